The van der Waals surface area contributed by atoms with Crippen molar-refractivity contribution < 1.29 is 45.4 Å². The van der Waals surface area contributed by atoms with Crippen LogP contribution in [0.2, 0.25) is 0 Å². The van der Waals surface area contributed by atoms with Crippen LogP contribution in [0.1, 0.15) is 36.1 Å². The molecule has 0 saturated carbocycles. The van der Waals surface area contributed by atoms with Gasteiger partial charge >= 0.3 is 29.2 Å². The van der Waals surface area contributed by atoms with E-state index >= 15 is 0 Å². The predicted molar refractivity (Wildman–Crippen MR) is 156 cm³/mol. The number of H-pyrrole nitrogens is 1. The number of fused-ring (bicyclic) bond motifs is 1. The third kappa shape index (κ3) is 10.8. The first-order chi connectivity index (χ1) is 20.8. The summed E-state index contributed by atoms with van der Waals surface area (Å²) in [5.41, 5.74) is 2.14. The van der Waals surface area contributed by atoms with Crippen LogP contribution in [0, 0.1) is 0 Å². The minimum absolute atomic E-state index is 0.0831. The number of alkyl halides is 6. The minimum Gasteiger partial charge on any atom is -0.449 e. The molecule has 242 valence electrons. The number of hydrogen-bond acceptors (Lipinski definition) is 9. The molecule has 8 nitrogen and oxygen atoms in total. The Balaban J connectivity index is 1.51. The van der Waals surface area contributed by atoms with Crippen LogP contribution in [0.3, 0.4) is 0 Å². The van der Waals surface area contributed by atoms with Gasteiger partial charge in [0.05, 0.1) is 4.70 Å². The van der Waals surface area contributed by atoms with Gasteiger partial charge in [-0.2, -0.15) is 38.1 Å². The van der Waals surface area contributed by atoms with Crippen LogP contribution in [-0.2, 0) is 27.2 Å². The van der Waals surface area contributed by atoms with E-state index in [-0.39, 0.29) is 22.3 Å². The van der Waals surface area contributed by atoms with Crippen molar-refractivity contribution in [3.63, 3.8) is 0 Å². The quantitative estimate of drug-likeness (QED) is 0.0817. The van der Waals surface area contributed by atoms with E-state index in [0.717, 1.165) is 50.2 Å². The average molecular weight is 668 g/mol. The van der Waals surface area contributed by atoms with Crippen LogP contribution in [0.5, 0.6) is 5.75 Å². The highest BCUT2D eigenvalue weighted by Crippen LogP contribution is 2.35. The first-order valence-electron chi connectivity index (χ1n) is 13.6. The fraction of sp³-hybridized carbons (Fsp3) is 0.464. The van der Waals surface area contributed by atoms with Crippen molar-refractivity contribution in [2.75, 3.05) is 37.7 Å². The predicted octanol–water partition coefficient (Wildman–Crippen LogP) is 5.31. The molecule has 2 aromatic carbocycles. The number of esters is 2. The van der Waals surface area contributed by atoms with E-state index in [2.05, 4.69) is 56.3 Å². The summed E-state index contributed by atoms with van der Waals surface area (Å²) in [6.07, 6.45) is -9.36. The monoisotopic (exact) mass is 667 g/mol. The normalized spacial score (nSPS) is 12.8. The summed E-state index contributed by atoms with van der Waals surface area (Å²) in [7, 11) is 0. The van der Waals surface area contributed by atoms with Crippen molar-refractivity contribution in [1.29, 1.82) is 0 Å². The van der Waals surface area contributed by atoms with Gasteiger partial charge in [-0.05, 0) is 61.4 Å². The topological polar surface area (TPSA) is 110 Å². The SMILES string of the molecule is CCc1ccc(CCNCCCSCCNC[C@H](OC(=O)C(F)(F)F)c2ccc(OC(=O)C(F)(F)F)c3[nH]c(=O)sc23)cc1. The molecule has 0 radical (unpaired) electrons. The van der Waals surface area contributed by atoms with Gasteiger partial charge in [-0.3, -0.25) is 4.79 Å². The zero-order valence-corrected chi connectivity index (χ0v) is 25.2. The molecular weight excluding hydrogens is 636 g/mol. The van der Waals surface area contributed by atoms with Crippen molar-refractivity contribution in [2.24, 2.45) is 0 Å². The molecule has 0 spiro atoms. The van der Waals surface area contributed by atoms with E-state index in [1.165, 1.54) is 11.1 Å². The molecule has 1 atom stereocenters. The lowest BCUT2D eigenvalue weighted by Gasteiger charge is -2.21. The Bertz CT molecular complexity index is 1440. The number of hydrogen-bond donors (Lipinski definition) is 3. The lowest BCUT2D eigenvalue weighted by atomic mass is 10.1. The lowest BCUT2D eigenvalue weighted by molar-refractivity contribution is -0.205. The van der Waals surface area contributed by atoms with Gasteiger partial charge in [0.15, 0.2) is 5.75 Å². The van der Waals surface area contributed by atoms with Gasteiger partial charge in [0.2, 0.25) is 0 Å². The number of aryl methyl sites for hydroxylation is 1. The second-order valence-electron chi connectivity index (χ2n) is 9.49. The van der Waals surface area contributed by atoms with Crippen LogP contribution in [0.15, 0.2) is 41.2 Å². The van der Waals surface area contributed by atoms with Gasteiger partial charge in [-0.25, -0.2) is 9.59 Å². The number of rotatable bonds is 16. The number of thioether (sulfide) groups is 1. The van der Waals surface area contributed by atoms with E-state index < -0.39 is 41.0 Å². The minimum atomic E-state index is -5.33. The third-order valence-corrected chi connectivity index (χ3v) is 8.25. The summed E-state index contributed by atoms with van der Waals surface area (Å²) in [4.78, 5) is 36.4. The molecule has 0 aliphatic carbocycles. The number of benzene rings is 2. The smallest absolute Gasteiger partial charge is 0.449 e. The Morgan fingerprint density at radius 2 is 1.59 bits per heavy atom. The maximum absolute atomic E-state index is 13.0. The fourth-order valence-corrected chi connectivity index (χ4v) is 5.77. The van der Waals surface area contributed by atoms with Crippen molar-refractivity contribution in [3.8, 4) is 5.75 Å². The Kier molecular flexibility index (Phi) is 13.1. The summed E-state index contributed by atoms with van der Waals surface area (Å²) < 4.78 is 85.9. The molecule has 3 rings (SSSR count). The van der Waals surface area contributed by atoms with Gasteiger partial charge in [0.1, 0.15) is 11.6 Å². The van der Waals surface area contributed by atoms with E-state index in [4.69, 9.17) is 0 Å². The second kappa shape index (κ2) is 16.3. The highest BCUT2D eigenvalue weighted by Gasteiger charge is 2.43. The number of aromatic nitrogens is 1. The zero-order chi connectivity index (χ0) is 32.3. The molecule has 0 amide bonds. The van der Waals surface area contributed by atoms with Crippen LogP contribution in [0.25, 0.3) is 10.2 Å². The highest BCUT2D eigenvalue weighted by molar-refractivity contribution is 7.99. The fourth-order valence-electron chi connectivity index (χ4n) is 4.01. The summed E-state index contributed by atoms with van der Waals surface area (Å²) in [6, 6.07) is 10.4. The molecule has 44 heavy (non-hydrogen) atoms. The molecule has 0 aliphatic rings. The number of nitrogens with one attached hydrogen (secondary N) is 3. The third-order valence-electron chi connectivity index (χ3n) is 6.25. The van der Waals surface area contributed by atoms with Crippen LogP contribution in [0.4, 0.5) is 26.3 Å². The van der Waals surface area contributed by atoms with E-state index in [1.807, 2.05) is 0 Å². The van der Waals surface area contributed by atoms with Gasteiger partial charge in [-0.15, -0.1) is 0 Å². The van der Waals surface area contributed by atoms with Crippen LogP contribution < -0.4 is 20.2 Å². The number of carbonyl (C=O) groups is 2. The molecule has 0 saturated heterocycles. The van der Waals surface area contributed by atoms with Gasteiger partial charge < -0.3 is 25.1 Å². The van der Waals surface area contributed by atoms with E-state index in [0.29, 0.717) is 23.6 Å². The average Bonchev–Trinajstić information content (AvgIpc) is 3.36. The zero-order valence-electron chi connectivity index (χ0n) is 23.5. The Morgan fingerprint density at radius 3 is 2.25 bits per heavy atom. The molecule has 1 aromatic heterocycles. The highest BCUT2D eigenvalue weighted by atomic mass is 32.2. The first-order valence-corrected chi connectivity index (χ1v) is 15.6. The molecule has 16 heteroatoms. The molecule has 0 fully saturated rings. The second-order valence-corrected chi connectivity index (χ2v) is 11.7. The molecule has 0 aliphatic heterocycles. The van der Waals surface area contributed by atoms with Gasteiger partial charge in [0.25, 0.3) is 0 Å². The summed E-state index contributed by atoms with van der Waals surface area (Å²) in [5, 5.41) is 6.31. The van der Waals surface area contributed by atoms with Crippen molar-refractivity contribution in [1.82, 2.24) is 15.6 Å². The van der Waals surface area contributed by atoms with Crippen molar-refractivity contribution >= 4 is 45.3 Å². The number of thiazole rings is 1. The van der Waals surface area contributed by atoms with Crippen LogP contribution in [-0.4, -0.2) is 67.0 Å². The number of aromatic amines is 1. The summed E-state index contributed by atoms with van der Waals surface area (Å²) >= 11 is 2.07. The maximum Gasteiger partial charge on any atom is 0.491 e. The molecule has 0 unspecified atom stereocenters. The Morgan fingerprint density at radius 1 is 0.909 bits per heavy atom. The van der Waals surface area contributed by atoms with Crippen molar-refractivity contribution in [3.05, 3.63) is 62.8 Å². The maximum atomic E-state index is 13.0. The lowest BCUT2D eigenvalue weighted by Crippen LogP contribution is -2.32. The molecule has 3 aromatic rings. The number of halogens is 6. The summed E-state index contributed by atoms with van der Waals surface area (Å²) in [6.45, 7) is 3.85. The molecule has 3 N–H and O–H groups in total. The van der Waals surface area contributed by atoms with Gasteiger partial charge in [-0.1, -0.05) is 42.5 Å². The number of carbonyl (C=O) groups excluding carboxylic acids is 2. The Labute approximate surface area is 256 Å². The number of ether oxygens (including phenoxy) is 2. The van der Waals surface area contributed by atoms with Crippen molar-refractivity contribution in [2.45, 2.75) is 44.6 Å². The standard InChI is InChI=1S/C28H31F6N3O5S2/c1-2-17-4-6-18(7-5-17)10-12-35-11-3-14-43-15-13-36-16-21(42-25(39)28(32,33)34)19-8-9-20(41-24(38)27(29,30)31)22-23(19)44-26(40)37-22/h4-9,21,35-36H,2-3,10-16H2,1H3,(H,37,40)/t21-/m0/s1. The van der Waals surface area contributed by atoms with E-state index in [9.17, 15) is 40.7 Å². The molecule has 1 heterocycles. The Hall–Kier alpha value is -3.08. The van der Waals surface area contributed by atoms with Gasteiger partial charge in [0, 0.05) is 24.4 Å². The first kappa shape index (κ1) is 35.4. The molecular formula is C28H31F6N3O5S2. The summed E-state index contributed by atoms with van der Waals surface area (Å²) in [5.74, 6) is -4.25. The largest absolute Gasteiger partial charge is 0.491 e. The van der Waals surface area contributed by atoms with E-state index in [1.54, 1.807) is 11.8 Å². The van der Waals surface area contributed by atoms with Crippen LogP contribution >= 0.6 is 23.1 Å². The molecule has 0 bridgehead atoms.